The van der Waals surface area contributed by atoms with E-state index in [4.69, 9.17) is 16.7 Å². The van der Waals surface area contributed by atoms with Crippen LogP contribution in [-0.4, -0.2) is 17.0 Å². The maximum absolute atomic E-state index is 11.8. The van der Waals surface area contributed by atoms with Gasteiger partial charge in [0.25, 0.3) is 0 Å². The summed E-state index contributed by atoms with van der Waals surface area (Å²) < 4.78 is 0. The minimum Gasteiger partial charge on any atom is -0.481 e. The molecule has 1 aromatic carbocycles. The van der Waals surface area contributed by atoms with Crippen LogP contribution in [-0.2, 0) is 9.59 Å². The van der Waals surface area contributed by atoms with Crippen molar-refractivity contribution < 1.29 is 14.7 Å². The smallest absolute Gasteiger partial charge is 0.303 e. The van der Waals surface area contributed by atoms with Crippen molar-refractivity contribution in [1.82, 2.24) is 0 Å². The molecule has 0 fully saturated rings. The molecule has 2 N–H and O–H groups in total. The largest absolute Gasteiger partial charge is 0.481 e. The number of nitrogens with one attached hydrogen (secondary N) is 1. The Labute approximate surface area is 111 Å². The van der Waals surface area contributed by atoms with Crippen molar-refractivity contribution in [3.8, 4) is 0 Å². The fourth-order valence-corrected chi connectivity index (χ4v) is 1.87. The second-order valence-corrected chi connectivity index (χ2v) is 5.41. The number of amides is 1. The van der Waals surface area contributed by atoms with Crippen LogP contribution in [0.3, 0.4) is 0 Å². The van der Waals surface area contributed by atoms with Gasteiger partial charge in [-0.1, -0.05) is 31.5 Å². The molecule has 0 aliphatic rings. The van der Waals surface area contributed by atoms with Crippen molar-refractivity contribution in [2.45, 2.75) is 26.7 Å². The molecule has 0 saturated heterocycles. The van der Waals surface area contributed by atoms with E-state index in [1.54, 1.807) is 38.1 Å². The van der Waals surface area contributed by atoms with Gasteiger partial charge in [0.2, 0.25) is 5.91 Å². The Kier molecular flexibility index (Phi) is 4.73. The van der Waals surface area contributed by atoms with Gasteiger partial charge in [-0.25, -0.2) is 0 Å². The third kappa shape index (κ3) is 5.19. The highest BCUT2D eigenvalue weighted by Gasteiger charge is 2.25. The average Bonchev–Trinajstić information content (AvgIpc) is 2.13. The Morgan fingerprint density at radius 2 is 2.00 bits per heavy atom. The molecule has 0 saturated carbocycles. The van der Waals surface area contributed by atoms with E-state index in [1.807, 2.05) is 0 Å². The number of hydrogen-bond donors (Lipinski definition) is 2. The molecule has 0 bridgehead atoms. The van der Waals surface area contributed by atoms with Gasteiger partial charge < -0.3 is 10.4 Å². The molecule has 0 aromatic heterocycles. The van der Waals surface area contributed by atoms with Crippen molar-refractivity contribution in [3.63, 3.8) is 0 Å². The molecule has 0 atom stereocenters. The first-order valence-corrected chi connectivity index (χ1v) is 5.93. The predicted molar refractivity (Wildman–Crippen MR) is 70.7 cm³/mol. The second-order valence-electron chi connectivity index (χ2n) is 4.97. The summed E-state index contributed by atoms with van der Waals surface area (Å²) in [5.74, 6) is -1.13. The maximum atomic E-state index is 11.8. The number of anilines is 1. The molecule has 5 heteroatoms. The SMILES string of the molecule is CC(C)(CC(=O)O)CC(=O)Nc1cccc(Cl)c1. The van der Waals surface area contributed by atoms with Crippen molar-refractivity contribution >= 4 is 29.2 Å². The first-order chi connectivity index (χ1) is 8.28. The molecular formula is C13H16ClNO3. The zero-order chi connectivity index (χ0) is 13.8. The lowest BCUT2D eigenvalue weighted by atomic mass is 9.85. The van der Waals surface area contributed by atoms with Crippen molar-refractivity contribution in [1.29, 1.82) is 0 Å². The van der Waals surface area contributed by atoms with E-state index in [2.05, 4.69) is 5.32 Å². The molecule has 0 aliphatic heterocycles. The van der Waals surface area contributed by atoms with Gasteiger partial charge in [0.15, 0.2) is 0 Å². The summed E-state index contributed by atoms with van der Waals surface area (Å²) in [6.07, 6.45) is 0.0990. The lowest BCUT2D eigenvalue weighted by Crippen LogP contribution is -2.24. The summed E-state index contributed by atoms with van der Waals surface area (Å²) >= 11 is 5.80. The molecule has 0 heterocycles. The minimum atomic E-state index is -0.907. The van der Waals surface area contributed by atoms with Gasteiger partial charge in [0.05, 0.1) is 6.42 Å². The molecule has 0 unspecified atom stereocenters. The number of carboxylic acid groups (broad SMARTS) is 1. The highest BCUT2D eigenvalue weighted by Crippen LogP contribution is 2.25. The molecule has 4 nitrogen and oxygen atoms in total. The number of carboxylic acids is 1. The summed E-state index contributed by atoms with van der Waals surface area (Å²) in [5.41, 5.74) is 0.0349. The average molecular weight is 270 g/mol. The van der Waals surface area contributed by atoms with Gasteiger partial charge in [-0.05, 0) is 23.6 Å². The Hall–Kier alpha value is -1.55. The lowest BCUT2D eigenvalue weighted by molar-refractivity contribution is -0.139. The van der Waals surface area contributed by atoms with E-state index >= 15 is 0 Å². The van der Waals surface area contributed by atoms with Gasteiger partial charge in [0, 0.05) is 17.1 Å². The van der Waals surface area contributed by atoms with E-state index in [9.17, 15) is 9.59 Å². The normalized spacial score (nSPS) is 11.1. The molecule has 0 aliphatic carbocycles. The first-order valence-electron chi connectivity index (χ1n) is 5.56. The number of rotatable bonds is 5. The number of benzene rings is 1. The van der Waals surface area contributed by atoms with Crippen molar-refractivity contribution in [2.24, 2.45) is 5.41 Å². The zero-order valence-electron chi connectivity index (χ0n) is 10.4. The molecule has 1 aromatic rings. The van der Waals surface area contributed by atoms with Crippen LogP contribution in [0.4, 0.5) is 5.69 Å². The van der Waals surface area contributed by atoms with Crippen LogP contribution in [0.5, 0.6) is 0 Å². The summed E-state index contributed by atoms with van der Waals surface area (Å²) in [5, 5.41) is 12.0. The lowest BCUT2D eigenvalue weighted by Gasteiger charge is -2.21. The molecule has 1 rings (SSSR count). The second kappa shape index (κ2) is 5.87. The zero-order valence-corrected chi connectivity index (χ0v) is 11.1. The van der Waals surface area contributed by atoms with Crippen LogP contribution in [0.25, 0.3) is 0 Å². The fourth-order valence-electron chi connectivity index (χ4n) is 1.68. The van der Waals surface area contributed by atoms with Crippen LogP contribution in [0.2, 0.25) is 5.02 Å². The van der Waals surface area contributed by atoms with Gasteiger partial charge in [-0.15, -0.1) is 0 Å². The number of carbonyl (C=O) groups excluding carboxylic acids is 1. The van der Waals surface area contributed by atoms with E-state index in [0.29, 0.717) is 10.7 Å². The number of hydrogen-bond acceptors (Lipinski definition) is 2. The molecular weight excluding hydrogens is 254 g/mol. The quantitative estimate of drug-likeness (QED) is 0.863. The van der Waals surface area contributed by atoms with Gasteiger partial charge in [-0.2, -0.15) is 0 Å². The highest BCUT2D eigenvalue weighted by atomic mass is 35.5. The molecule has 0 spiro atoms. The van der Waals surface area contributed by atoms with Gasteiger partial charge in [-0.3, -0.25) is 9.59 Å². The Balaban J connectivity index is 2.59. The summed E-state index contributed by atoms with van der Waals surface area (Å²) in [7, 11) is 0. The fraction of sp³-hybridized carbons (Fsp3) is 0.385. The highest BCUT2D eigenvalue weighted by molar-refractivity contribution is 6.30. The van der Waals surface area contributed by atoms with Gasteiger partial charge >= 0.3 is 5.97 Å². The maximum Gasteiger partial charge on any atom is 0.303 e. The summed E-state index contributed by atoms with van der Waals surface area (Å²) in [4.78, 5) is 22.4. The third-order valence-corrected chi connectivity index (χ3v) is 2.61. The van der Waals surface area contributed by atoms with Crippen LogP contribution < -0.4 is 5.32 Å². The summed E-state index contributed by atoms with van der Waals surface area (Å²) in [6, 6.07) is 6.82. The topological polar surface area (TPSA) is 66.4 Å². The van der Waals surface area contributed by atoms with Crippen LogP contribution in [0.1, 0.15) is 26.7 Å². The Morgan fingerprint density at radius 3 is 2.56 bits per heavy atom. The Bertz CT molecular complexity index is 457. The van der Waals surface area contributed by atoms with Crippen molar-refractivity contribution in [3.05, 3.63) is 29.3 Å². The van der Waals surface area contributed by atoms with E-state index in [0.717, 1.165) is 0 Å². The van der Waals surface area contributed by atoms with E-state index < -0.39 is 11.4 Å². The van der Waals surface area contributed by atoms with E-state index in [1.165, 1.54) is 0 Å². The minimum absolute atomic E-state index is 0.0457. The Morgan fingerprint density at radius 1 is 1.33 bits per heavy atom. The standard InChI is InChI=1S/C13H16ClNO3/c1-13(2,8-12(17)18)7-11(16)15-10-5-3-4-9(14)6-10/h3-6H,7-8H2,1-2H3,(H,15,16)(H,17,18). The summed E-state index contributed by atoms with van der Waals surface area (Å²) in [6.45, 7) is 3.50. The van der Waals surface area contributed by atoms with Crippen LogP contribution in [0, 0.1) is 5.41 Å². The predicted octanol–water partition coefficient (Wildman–Crippen LogP) is 3.17. The molecule has 1 amide bonds. The van der Waals surface area contributed by atoms with Crippen LogP contribution >= 0.6 is 11.6 Å². The van der Waals surface area contributed by atoms with Gasteiger partial charge in [0.1, 0.15) is 0 Å². The number of halogens is 1. The number of carbonyl (C=O) groups is 2. The first kappa shape index (κ1) is 14.5. The van der Waals surface area contributed by atoms with Crippen LogP contribution in [0.15, 0.2) is 24.3 Å². The van der Waals surface area contributed by atoms with E-state index in [-0.39, 0.29) is 18.7 Å². The third-order valence-electron chi connectivity index (χ3n) is 2.38. The van der Waals surface area contributed by atoms with Crippen molar-refractivity contribution in [2.75, 3.05) is 5.32 Å². The monoisotopic (exact) mass is 269 g/mol. The number of aliphatic carboxylic acids is 1. The molecule has 98 valence electrons. The molecule has 0 radical (unpaired) electrons. The molecule has 18 heavy (non-hydrogen) atoms.